The van der Waals surface area contributed by atoms with Gasteiger partial charge in [0.15, 0.2) is 18.1 Å². The van der Waals surface area contributed by atoms with E-state index in [9.17, 15) is 4.79 Å². The lowest BCUT2D eigenvalue weighted by molar-refractivity contribution is -0.118. The predicted octanol–water partition coefficient (Wildman–Crippen LogP) is 5.46. The third-order valence-corrected chi connectivity index (χ3v) is 5.14. The standard InChI is InChI=1S/C25H27BrN2O3/c1-3-30-23-14-20(16-27-15-19-7-5-4-6-8-19)13-22(26)25(23)31-17-24(29)28-21-11-9-18(2)10-12-21/h4-14,27H,3,15-17H2,1-2H3,(H,28,29). The van der Waals surface area contributed by atoms with Gasteiger partial charge in [-0.3, -0.25) is 4.79 Å². The molecule has 1 amide bonds. The topological polar surface area (TPSA) is 59.6 Å². The smallest absolute Gasteiger partial charge is 0.262 e. The number of carbonyl (C=O) groups is 1. The average molecular weight is 483 g/mol. The van der Waals surface area contributed by atoms with E-state index in [1.165, 1.54) is 5.56 Å². The monoisotopic (exact) mass is 482 g/mol. The van der Waals surface area contributed by atoms with Crippen molar-refractivity contribution in [2.45, 2.75) is 26.9 Å². The fourth-order valence-corrected chi connectivity index (χ4v) is 3.65. The summed E-state index contributed by atoms with van der Waals surface area (Å²) in [4.78, 5) is 12.3. The van der Waals surface area contributed by atoms with Gasteiger partial charge < -0.3 is 20.1 Å². The number of carbonyl (C=O) groups excluding carboxylic acids is 1. The fraction of sp³-hybridized carbons (Fsp3) is 0.240. The molecule has 2 N–H and O–H groups in total. The Kier molecular flexibility index (Phi) is 8.50. The van der Waals surface area contributed by atoms with E-state index in [1.807, 2.05) is 68.4 Å². The Bertz CT molecular complexity index is 992. The van der Waals surface area contributed by atoms with Crippen LogP contribution in [0.5, 0.6) is 11.5 Å². The minimum absolute atomic E-state index is 0.113. The molecule has 0 aliphatic carbocycles. The molecule has 0 aliphatic rings. The van der Waals surface area contributed by atoms with Gasteiger partial charge in [0.25, 0.3) is 5.91 Å². The Morgan fingerprint density at radius 3 is 2.35 bits per heavy atom. The van der Waals surface area contributed by atoms with Gasteiger partial charge in [0.05, 0.1) is 11.1 Å². The molecule has 162 valence electrons. The van der Waals surface area contributed by atoms with Crippen molar-refractivity contribution >= 4 is 27.5 Å². The lowest BCUT2D eigenvalue weighted by atomic mass is 10.2. The number of benzene rings is 3. The molecule has 0 radical (unpaired) electrons. The average Bonchev–Trinajstić information content (AvgIpc) is 2.76. The van der Waals surface area contributed by atoms with Crippen LogP contribution in [0.3, 0.4) is 0 Å². The molecule has 0 saturated heterocycles. The number of amides is 1. The first kappa shape index (κ1) is 22.8. The summed E-state index contributed by atoms with van der Waals surface area (Å²) in [6.07, 6.45) is 0. The van der Waals surface area contributed by atoms with Gasteiger partial charge in [-0.05, 0) is 65.2 Å². The molecule has 0 aliphatic heterocycles. The third kappa shape index (κ3) is 7.12. The lowest BCUT2D eigenvalue weighted by Gasteiger charge is -2.16. The zero-order valence-electron chi connectivity index (χ0n) is 17.8. The summed E-state index contributed by atoms with van der Waals surface area (Å²) in [5, 5.41) is 6.27. The molecule has 0 atom stereocenters. The number of rotatable bonds is 10. The maximum atomic E-state index is 12.3. The molecule has 0 heterocycles. The summed E-state index contributed by atoms with van der Waals surface area (Å²) in [5.41, 5.74) is 4.16. The first-order valence-electron chi connectivity index (χ1n) is 10.2. The van der Waals surface area contributed by atoms with Gasteiger partial charge in [-0.25, -0.2) is 0 Å². The lowest BCUT2D eigenvalue weighted by Crippen LogP contribution is -2.20. The van der Waals surface area contributed by atoms with Gasteiger partial charge in [0.1, 0.15) is 0 Å². The van der Waals surface area contributed by atoms with Crippen LogP contribution < -0.4 is 20.1 Å². The highest BCUT2D eigenvalue weighted by atomic mass is 79.9. The molecule has 0 fully saturated rings. The molecule has 0 aromatic heterocycles. The number of hydrogen-bond acceptors (Lipinski definition) is 4. The Morgan fingerprint density at radius 1 is 0.935 bits per heavy atom. The van der Waals surface area contributed by atoms with Crippen LogP contribution in [0.2, 0.25) is 0 Å². The maximum Gasteiger partial charge on any atom is 0.262 e. The van der Waals surface area contributed by atoms with Crippen molar-refractivity contribution in [3.8, 4) is 11.5 Å². The molecular weight excluding hydrogens is 456 g/mol. The molecule has 5 nitrogen and oxygen atoms in total. The largest absolute Gasteiger partial charge is 0.490 e. The van der Waals surface area contributed by atoms with Gasteiger partial charge in [-0.15, -0.1) is 0 Å². The molecule has 0 spiro atoms. The van der Waals surface area contributed by atoms with E-state index in [2.05, 4.69) is 38.7 Å². The normalized spacial score (nSPS) is 10.5. The van der Waals surface area contributed by atoms with Gasteiger partial charge in [-0.1, -0.05) is 48.0 Å². The van der Waals surface area contributed by atoms with Crippen LogP contribution in [0.1, 0.15) is 23.6 Å². The molecule has 3 rings (SSSR count). The second-order valence-electron chi connectivity index (χ2n) is 7.13. The van der Waals surface area contributed by atoms with Crippen molar-refractivity contribution in [1.82, 2.24) is 5.32 Å². The summed E-state index contributed by atoms with van der Waals surface area (Å²) >= 11 is 3.57. The quantitative estimate of drug-likeness (QED) is 0.402. The number of halogens is 1. The Morgan fingerprint density at radius 2 is 1.65 bits per heavy atom. The van der Waals surface area contributed by atoms with Gasteiger partial charge in [0, 0.05) is 18.8 Å². The maximum absolute atomic E-state index is 12.3. The SMILES string of the molecule is CCOc1cc(CNCc2ccccc2)cc(Br)c1OCC(=O)Nc1ccc(C)cc1. The molecule has 0 saturated carbocycles. The van der Waals surface area contributed by atoms with Crippen molar-refractivity contribution in [3.63, 3.8) is 0 Å². The predicted molar refractivity (Wildman–Crippen MR) is 128 cm³/mol. The van der Waals surface area contributed by atoms with Crippen LogP contribution in [0, 0.1) is 6.92 Å². The number of ether oxygens (including phenoxy) is 2. The van der Waals surface area contributed by atoms with Crippen LogP contribution in [-0.4, -0.2) is 19.1 Å². The highest BCUT2D eigenvalue weighted by Gasteiger charge is 2.14. The zero-order chi connectivity index (χ0) is 22.1. The number of anilines is 1. The molecule has 3 aromatic carbocycles. The fourth-order valence-electron chi connectivity index (χ4n) is 3.05. The minimum Gasteiger partial charge on any atom is -0.490 e. The van der Waals surface area contributed by atoms with Crippen LogP contribution >= 0.6 is 15.9 Å². The molecular formula is C25H27BrN2O3. The first-order chi connectivity index (χ1) is 15.0. The van der Waals surface area contributed by atoms with E-state index in [0.717, 1.165) is 27.8 Å². The van der Waals surface area contributed by atoms with Crippen molar-refractivity contribution in [3.05, 3.63) is 87.9 Å². The summed E-state index contributed by atoms with van der Waals surface area (Å²) in [6, 6.07) is 21.8. The highest BCUT2D eigenvalue weighted by Crippen LogP contribution is 2.37. The number of aryl methyl sites for hydroxylation is 1. The summed E-state index contributed by atoms with van der Waals surface area (Å²) in [5.74, 6) is 0.899. The van der Waals surface area contributed by atoms with Crippen molar-refractivity contribution in [2.75, 3.05) is 18.5 Å². The summed E-state index contributed by atoms with van der Waals surface area (Å²) in [6.45, 7) is 5.77. The van der Waals surface area contributed by atoms with Crippen molar-refractivity contribution < 1.29 is 14.3 Å². The Balaban J connectivity index is 1.61. The molecule has 31 heavy (non-hydrogen) atoms. The van der Waals surface area contributed by atoms with Crippen molar-refractivity contribution in [1.29, 1.82) is 0 Å². The van der Waals surface area contributed by atoms with Crippen LogP contribution in [0.25, 0.3) is 0 Å². The second kappa shape index (κ2) is 11.5. The van der Waals surface area contributed by atoms with Crippen molar-refractivity contribution in [2.24, 2.45) is 0 Å². The first-order valence-corrected chi connectivity index (χ1v) is 11.0. The second-order valence-corrected chi connectivity index (χ2v) is 7.98. The highest BCUT2D eigenvalue weighted by molar-refractivity contribution is 9.10. The van der Waals surface area contributed by atoms with Gasteiger partial charge in [0.2, 0.25) is 0 Å². The van der Waals surface area contributed by atoms with E-state index in [-0.39, 0.29) is 12.5 Å². The molecule has 0 unspecified atom stereocenters. The third-order valence-electron chi connectivity index (χ3n) is 4.55. The Hall–Kier alpha value is -2.83. The zero-order valence-corrected chi connectivity index (χ0v) is 19.4. The van der Waals surface area contributed by atoms with Gasteiger partial charge >= 0.3 is 0 Å². The van der Waals surface area contributed by atoms with Gasteiger partial charge in [-0.2, -0.15) is 0 Å². The van der Waals surface area contributed by atoms with E-state index in [0.29, 0.717) is 24.7 Å². The van der Waals surface area contributed by atoms with E-state index in [4.69, 9.17) is 9.47 Å². The number of nitrogens with one attached hydrogen (secondary N) is 2. The van der Waals surface area contributed by atoms with E-state index < -0.39 is 0 Å². The summed E-state index contributed by atoms with van der Waals surface area (Å²) in [7, 11) is 0. The molecule has 0 bridgehead atoms. The molecule has 3 aromatic rings. The minimum atomic E-state index is -0.230. The van der Waals surface area contributed by atoms with Crippen LogP contribution in [0.4, 0.5) is 5.69 Å². The molecule has 6 heteroatoms. The van der Waals surface area contributed by atoms with Crippen LogP contribution in [-0.2, 0) is 17.9 Å². The number of hydrogen-bond donors (Lipinski definition) is 2. The summed E-state index contributed by atoms with van der Waals surface area (Å²) < 4.78 is 12.3. The van der Waals surface area contributed by atoms with Crippen LogP contribution in [0.15, 0.2) is 71.2 Å². The van der Waals surface area contributed by atoms with E-state index in [1.54, 1.807) is 0 Å². The Labute approximate surface area is 191 Å². The van der Waals surface area contributed by atoms with E-state index >= 15 is 0 Å².